The minimum absolute atomic E-state index is 0.139. The summed E-state index contributed by atoms with van der Waals surface area (Å²) in [6.45, 7) is 3.67. The lowest BCUT2D eigenvalue weighted by molar-refractivity contribution is 0.163. The third-order valence-corrected chi connectivity index (χ3v) is 7.03. The van der Waals surface area contributed by atoms with Crippen LogP contribution in [-0.4, -0.2) is 36.1 Å². The van der Waals surface area contributed by atoms with Crippen LogP contribution < -0.4 is 4.74 Å². The van der Waals surface area contributed by atoms with Crippen molar-refractivity contribution in [3.8, 4) is 5.75 Å². The van der Waals surface area contributed by atoms with E-state index >= 15 is 0 Å². The Labute approximate surface area is 205 Å². The molecule has 3 aromatic carbocycles. The Kier molecular flexibility index (Phi) is 7.34. The normalized spacial score (nSPS) is 15.1. The van der Waals surface area contributed by atoms with Crippen molar-refractivity contribution in [1.82, 2.24) is 9.88 Å². The van der Waals surface area contributed by atoms with Crippen LogP contribution in [-0.2, 0) is 0 Å². The van der Waals surface area contributed by atoms with Gasteiger partial charge in [-0.1, -0.05) is 42.5 Å². The molecular formula is C30H30F2N2O. The zero-order valence-electron chi connectivity index (χ0n) is 19.7. The van der Waals surface area contributed by atoms with Crippen LogP contribution >= 0.6 is 0 Å². The maximum atomic E-state index is 13.6. The summed E-state index contributed by atoms with van der Waals surface area (Å²) in [5, 5.41) is 1.09. The summed E-state index contributed by atoms with van der Waals surface area (Å²) in [7, 11) is 0. The molecule has 0 radical (unpaired) electrons. The summed E-state index contributed by atoms with van der Waals surface area (Å²) in [5.74, 6) is 0.940. The molecule has 0 aliphatic carbocycles. The number of ether oxygens (including phenoxy) is 1. The number of pyridine rings is 1. The van der Waals surface area contributed by atoms with Gasteiger partial charge >= 0.3 is 0 Å². The van der Waals surface area contributed by atoms with Crippen LogP contribution in [0.3, 0.4) is 0 Å². The van der Waals surface area contributed by atoms with E-state index in [1.807, 2.05) is 54.6 Å². The van der Waals surface area contributed by atoms with Crippen LogP contribution in [0.4, 0.5) is 8.78 Å². The van der Waals surface area contributed by atoms with Gasteiger partial charge in [-0.2, -0.15) is 0 Å². The molecular weight excluding hydrogens is 442 g/mol. The smallest absolute Gasteiger partial charge is 0.145 e. The number of likely N-dealkylation sites (tertiary alicyclic amines) is 1. The van der Waals surface area contributed by atoms with Crippen molar-refractivity contribution in [2.75, 3.05) is 26.2 Å². The van der Waals surface area contributed by atoms with Gasteiger partial charge in [-0.3, -0.25) is 4.98 Å². The predicted molar refractivity (Wildman–Crippen MR) is 136 cm³/mol. The molecule has 0 saturated carbocycles. The van der Waals surface area contributed by atoms with Gasteiger partial charge in [0.05, 0.1) is 6.61 Å². The maximum absolute atomic E-state index is 13.6. The first-order chi connectivity index (χ1) is 17.2. The van der Waals surface area contributed by atoms with Gasteiger partial charge in [0.15, 0.2) is 0 Å². The number of aromatic nitrogens is 1. The Hall–Kier alpha value is -3.31. The number of benzene rings is 3. The summed E-state index contributed by atoms with van der Waals surface area (Å²) >= 11 is 0. The maximum Gasteiger partial charge on any atom is 0.145 e. The van der Waals surface area contributed by atoms with Crippen LogP contribution in [0.5, 0.6) is 5.75 Å². The SMILES string of the molecule is Fc1ccc(C(c2ccc(F)cc2)C2CCN(CCCOc3cccc4cccnc34)CC2)cc1. The quantitative estimate of drug-likeness (QED) is 0.263. The first kappa shape index (κ1) is 23.4. The summed E-state index contributed by atoms with van der Waals surface area (Å²) in [4.78, 5) is 6.95. The molecule has 180 valence electrons. The highest BCUT2D eigenvalue weighted by atomic mass is 19.1. The van der Waals surface area contributed by atoms with Crippen LogP contribution in [0, 0.1) is 17.6 Å². The van der Waals surface area contributed by atoms with Gasteiger partial charge in [-0.05, 0) is 85.8 Å². The number of para-hydroxylation sites is 1. The predicted octanol–water partition coefficient (Wildman–Crippen LogP) is 6.83. The van der Waals surface area contributed by atoms with E-state index in [1.54, 1.807) is 6.20 Å². The van der Waals surface area contributed by atoms with E-state index in [4.69, 9.17) is 4.74 Å². The third-order valence-electron chi connectivity index (χ3n) is 7.03. The molecule has 1 aromatic heterocycles. The lowest BCUT2D eigenvalue weighted by Crippen LogP contribution is -2.36. The van der Waals surface area contributed by atoms with Crippen molar-refractivity contribution in [3.05, 3.63) is 108 Å². The highest BCUT2D eigenvalue weighted by molar-refractivity contribution is 5.84. The van der Waals surface area contributed by atoms with Gasteiger partial charge in [0.25, 0.3) is 0 Å². The minimum atomic E-state index is -0.233. The largest absolute Gasteiger partial charge is 0.491 e. The zero-order chi connectivity index (χ0) is 24.0. The van der Waals surface area contributed by atoms with E-state index in [0.717, 1.165) is 66.7 Å². The van der Waals surface area contributed by atoms with E-state index in [1.165, 1.54) is 24.3 Å². The molecule has 2 heterocycles. The van der Waals surface area contributed by atoms with E-state index in [9.17, 15) is 8.78 Å². The van der Waals surface area contributed by atoms with E-state index in [2.05, 4.69) is 9.88 Å². The molecule has 3 nitrogen and oxygen atoms in total. The van der Waals surface area contributed by atoms with E-state index in [0.29, 0.717) is 12.5 Å². The molecule has 1 fully saturated rings. The van der Waals surface area contributed by atoms with Crippen LogP contribution in [0.2, 0.25) is 0 Å². The molecule has 1 aliphatic heterocycles. The van der Waals surface area contributed by atoms with E-state index in [-0.39, 0.29) is 17.6 Å². The second-order valence-electron chi connectivity index (χ2n) is 9.29. The molecule has 0 N–H and O–H groups in total. The topological polar surface area (TPSA) is 25.4 Å². The van der Waals surface area contributed by atoms with Crippen molar-refractivity contribution < 1.29 is 13.5 Å². The van der Waals surface area contributed by atoms with Gasteiger partial charge in [-0.25, -0.2) is 8.78 Å². The highest BCUT2D eigenvalue weighted by Gasteiger charge is 2.29. The van der Waals surface area contributed by atoms with Gasteiger partial charge in [0.2, 0.25) is 0 Å². The number of nitrogens with zero attached hydrogens (tertiary/aromatic N) is 2. The number of rotatable bonds is 8. The number of piperidine rings is 1. The number of fused-ring (bicyclic) bond motifs is 1. The molecule has 0 unspecified atom stereocenters. The Morgan fingerprint density at radius 2 is 1.46 bits per heavy atom. The molecule has 0 amide bonds. The Morgan fingerprint density at radius 3 is 2.11 bits per heavy atom. The molecule has 1 saturated heterocycles. The average Bonchev–Trinajstić information content (AvgIpc) is 2.90. The molecule has 35 heavy (non-hydrogen) atoms. The standard InChI is InChI=1S/C30H30F2N2O/c31-26-11-7-22(8-12-26)29(23-9-13-27(32)14-10-23)24-15-19-34(20-16-24)18-3-21-35-28-6-1-4-25-5-2-17-33-30(25)28/h1-2,4-14,17,24,29H,3,15-16,18-21H2. The van der Waals surface area contributed by atoms with Crippen LogP contribution in [0.25, 0.3) is 10.9 Å². The third kappa shape index (κ3) is 5.68. The molecule has 5 heteroatoms. The summed E-state index contributed by atoms with van der Waals surface area (Å²) in [5.41, 5.74) is 3.09. The Bertz CT molecular complexity index is 1180. The van der Waals surface area contributed by atoms with Gasteiger partial charge in [0, 0.05) is 24.0 Å². The molecule has 1 aliphatic rings. The lowest BCUT2D eigenvalue weighted by atomic mass is 9.76. The molecule has 0 atom stereocenters. The second-order valence-corrected chi connectivity index (χ2v) is 9.29. The van der Waals surface area contributed by atoms with Crippen molar-refractivity contribution in [2.45, 2.75) is 25.2 Å². The second kappa shape index (κ2) is 11.0. The van der Waals surface area contributed by atoms with Crippen LogP contribution in [0.1, 0.15) is 36.3 Å². The highest BCUT2D eigenvalue weighted by Crippen LogP contribution is 2.38. The van der Waals surface area contributed by atoms with E-state index < -0.39 is 0 Å². The number of hydrogen-bond acceptors (Lipinski definition) is 3. The first-order valence-corrected chi connectivity index (χ1v) is 12.4. The Balaban J connectivity index is 1.17. The monoisotopic (exact) mass is 472 g/mol. The van der Waals surface area contributed by atoms with Crippen molar-refractivity contribution in [2.24, 2.45) is 5.92 Å². The number of halogens is 2. The fourth-order valence-corrected chi connectivity index (χ4v) is 5.25. The molecule has 4 aromatic rings. The fraction of sp³-hybridized carbons (Fsp3) is 0.300. The first-order valence-electron chi connectivity index (χ1n) is 12.4. The van der Waals surface area contributed by atoms with Crippen molar-refractivity contribution in [1.29, 1.82) is 0 Å². The summed E-state index contributed by atoms with van der Waals surface area (Å²) < 4.78 is 33.2. The fourth-order valence-electron chi connectivity index (χ4n) is 5.25. The molecule has 5 rings (SSSR count). The summed E-state index contributed by atoms with van der Waals surface area (Å²) in [6, 6.07) is 23.6. The van der Waals surface area contributed by atoms with Crippen molar-refractivity contribution in [3.63, 3.8) is 0 Å². The van der Waals surface area contributed by atoms with Crippen LogP contribution in [0.15, 0.2) is 85.1 Å². The summed E-state index contributed by atoms with van der Waals surface area (Å²) in [6.07, 6.45) is 4.85. The number of hydrogen-bond donors (Lipinski definition) is 0. The Morgan fingerprint density at radius 1 is 0.829 bits per heavy atom. The van der Waals surface area contributed by atoms with Gasteiger partial charge in [0.1, 0.15) is 22.9 Å². The zero-order valence-corrected chi connectivity index (χ0v) is 19.7. The minimum Gasteiger partial charge on any atom is -0.491 e. The molecule has 0 spiro atoms. The average molecular weight is 473 g/mol. The lowest BCUT2D eigenvalue weighted by Gasteiger charge is -2.36. The van der Waals surface area contributed by atoms with Gasteiger partial charge < -0.3 is 9.64 Å². The molecule has 0 bridgehead atoms. The van der Waals surface area contributed by atoms with Crippen molar-refractivity contribution >= 4 is 10.9 Å². The van der Waals surface area contributed by atoms with Gasteiger partial charge in [-0.15, -0.1) is 0 Å².